The van der Waals surface area contributed by atoms with E-state index < -0.39 is 0 Å². The van der Waals surface area contributed by atoms with E-state index in [2.05, 4.69) is 34.9 Å². The summed E-state index contributed by atoms with van der Waals surface area (Å²) in [5, 5.41) is 7.95. The van der Waals surface area contributed by atoms with Crippen LogP contribution in [0.2, 0.25) is 0 Å². The van der Waals surface area contributed by atoms with E-state index in [0.717, 1.165) is 34.2 Å². The van der Waals surface area contributed by atoms with Crippen molar-refractivity contribution < 1.29 is 4.79 Å². The smallest absolute Gasteiger partial charge is 0.233 e. The van der Waals surface area contributed by atoms with Gasteiger partial charge in [-0.2, -0.15) is 19.3 Å². The average molecular weight is 458 g/mol. The highest BCUT2D eigenvalue weighted by molar-refractivity contribution is 7.99. The van der Waals surface area contributed by atoms with Crippen LogP contribution in [0.3, 0.4) is 0 Å². The molecule has 0 fully saturated rings. The molecule has 2 heterocycles. The molecule has 0 aliphatic carbocycles. The Kier molecular flexibility index (Phi) is 8.33. The van der Waals surface area contributed by atoms with Crippen molar-refractivity contribution in [3.63, 3.8) is 0 Å². The number of aryl methyl sites for hydroxylation is 1. The lowest BCUT2D eigenvalue weighted by atomic mass is 10.1. The van der Waals surface area contributed by atoms with Gasteiger partial charge in [0.15, 0.2) is 5.16 Å². The van der Waals surface area contributed by atoms with Gasteiger partial charge in [0.25, 0.3) is 0 Å². The second-order valence-corrected chi connectivity index (χ2v) is 9.11. The monoisotopic (exact) mass is 457 g/mol. The SMILES string of the molecule is CCC(=O)Cc1ccc(Sc2nc(NCCN(C)C)nc(Nc3cc(C)ns3)n2)cc1. The fraction of sp³-hybridized carbons (Fsp3) is 0.381. The molecule has 0 atom stereocenters. The number of carbonyl (C=O) groups is 1. The molecule has 10 heteroatoms. The summed E-state index contributed by atoms with van der Waals surface area (Å²) in [5.74, 6) is 1.23. The summed E-state index contributed by atoms with van der Waals surface area (Å²) in [6, 6.07) is 9.90. The third kappa shape index (κ3) is 7.57. The third-order valence-corrected chi connectivity index (χ3v) is 5.92. The molecule has 0 bridgehead atoms. The molecule has 0 unspecified atom stereocenters. The molecule has 0 aliphatic heterocycles. The van der Waals surface area contributed by atoms with E-state index in [1.807, 2.05) is 58.3 Å². The minimum atomic E-state index is 0.236. The molecule has 3 rings (SSSR count). The number of Topliss-reactive ketones (excluding diaryl/α,β-unsaturated/α-hetero) is 1. The Hall–Kier alpha value is -2.56. The van der Waals surface area contributed by atoms with Crippen molar-refractivity contribution in [2.24, 2.45) is 0 Å². The Balaban J connectivity index is 1.76. The number of ketones is 1. The third-order valence-electron chi connectivity index (χ3n) is 4.25. The van der Waals surface area contributed by atoms with E-state index in [-0.39, 0.29) is 5.78 Å². The minimum Gasteiger partial charge on any atom is -0.353 e. The molecule has 2 aromatic heterocycles. The molecule has 0 amide bonds. The first-order valence-corrected chi connectivity index (χ1v) is 11.6. The molecule has 164 valence electrons. The van der Waals surface area contributed by atoms with Crippen molar-refractivity contribution in [3.8, 4) is 0 Å². The highest BCUT2D eigenvalue weighted by Gasteiger charge is 2.10. The average Bonchev–Trinajstić information content (AvgIpc) is 3.13. The lowest BCUT2D eigenvalue weighted by molar-refractivity contribution is -0.118. The van der Waals surface area contributed by atoms with E-state index in [1.54, 1.807) is 0 Å². The molecular formula is C21H27N7OS2. The molecule has 8 nitrogen and oxygen atoms in total. The highest BCUT2D eigenvalue weighted by Crippen LogP contribution is 2.28. The van der Waals surface area contributed by atoms with Crippen LogP contribution >= 0.6 is 23.3 Å². The Morgan fingerprint density at radius 1 is 1.13 bits per heavy atom. The topological polar surface area (TPSA) is 95.9 Å². The largest absolute Gasteiger partial charge is 0.353 e. The Bertz CT molecular complexity index is 1010. The fourth-order valence-electron chi connectivity index (χ4n) is 2.59. The van der Waals surface area contributed by atoms with Gasteiger partial charge in [-0.1, -0.05) is 19.1 Å². The van der Waals surface area contributed by atoms with E-state index in [9.17, 15) is 4.79 Å². The van der Waals surface area contributed by atoms with Crippen molar-refractivity contribution in [1.82, 2.24) is 24.2 Å². The number of benzene rings is 1. The molecule has 3 aromatic rings. The zero-order valence-electron chi connectivity index (χ0n) is 18.2. The number of aromatic nitrogens is 4. The summed E-state index contributed by atoms with van der Waals surface area (Å²) in [5.41, 5.74) is 1.96. The van der Waals surface area contributed by atoms with Gasteiger partial charge in [0, 0.05) is 30.8 Å². The standard InChI is InChI=1S/C21H27N7OS2/c1-5-16(29)13-15-6-8-17(9-7-15)30-21-25-19(22-10-11-28(3)4)24-20(26-21)23-18-12-14(2)27-31-18/h6-9,12H,5,10-11,13H2,1-4H3,(H2,22,23,24,25,26). The van der Waals surface area contributed by atoms with Crippen LogP contribution in [-0.4, -0.2) is 57.2 Å². The number of anilines is 3. The second kappa shape index (κ2) is 11.2. The molecule has 0 spiro atoms. The first-order valence-electron chi connectivity index (χ1n) is 10.0. The van der Waals surface area contributed by atoms with Gasteiger partial charge in [0.1, 0.15) is 10.8 Å². The van der Waals surface area contributed by atoms with Gasteiger partial charge in [-0.05, 0) is 68.1 Å². The van der Waals surface area contributed by atoms with E-state index in [1.165, 1.54) is 23.3 Å². The number of hydrogen-bond donors (Lipinski definition) is 2. The molecular weight excluding hydrogens is 430 g/mol. The number of rotatable bonds is 11. The van der Waals surface area contributed by atoms with Crippen LogP contribution in [0.5, 0.6) is 0 Å². The van der Waals surface area contributed by atoms with Crippen LogP contribution in [0.4, 0.5) is 16.9 Å². The molecule has 1 aromatic carbocycles. The predicted molar refractivity (Wildman–Crippen MR) is 127 cm³/mol. The molecule has 0 saturated heterocycles. The zero-order chi connectivity index (χ0) is 22.2. The summed E-state index contributed by atoms with van der Waals surface area (Å²) in [6.45, 7) is 5.42. The first-order chi connectivity index (χ1) is 14.9. The Morgan fingerprint density at radius 2 is 1.87 bits per heavy atom. The molecule has 2 N–H and O–H groups in total. The van der Waals surface area contributed by atoms with Crippen LogP contribution in [-0.2, 0) is 11.2 Å². The van der Waals surface area contributed by atoms with Gasteiger partial charge >= 0.3 is 0 Å². The first kappa shape index (κ1) is 23.1. The van der Waals surface area contributed by atoms with Crippen LogP contribution < -0.4 is 10.6 Å². The van der Waals surface area contributed by atoms with Gasteiger partial charge in [-0.3, -0.25) is 4.79 Å². The summed E-state index contributed by atoms with van der Waals surface area (Å²) in [6.07, 6.45) is 1.02. The van der Waals surface area contributed by atoms with E-state index in [4.69, 9.17) is 0 Å². The van der Waals surface area contributed by atoms with E-state index in [0.29, 0.717) is 29.9 Å². The molecule has 0 radical (unpaired) electrons. The van der Waals surface area contributed by atoms with Gasteiger partial charge in [-0.25, -0.2) is 0 Å². The predicted octanol–water partition coefficient (Wildman–Crippen LogP) is 4.03. The number of hydrogen-bond acceptors (Lipinski definition) is 10. The lowest BCUT2D eigenvalue weighted by Gasteiger charge is -2.12. The maximum Gasteiger partial charge on any atom is 0.233 e. The van der Waals surface area contributed by atoms with Gasteiger partial charge in [0.2, 0.25) is 11.9 Å². The lowest BCUT2D eigenvalue weighted by Crippen LogP contribution is -2.21. The molecule has 0 aliphatic rings. The van der Waals surface area contributed by atoms with Crippen molar-refractivity contribution in [2.75, 3.05) is 37.8 Å². The normalized spacial score (nSPS) is 11.0. The summed E-state index contributed by atoms with van der Waals surface area (Å²) >= 11 is 2.82. The highest BCUT2D eigenvalue weighted by atomic mass is 32.2. The maximum atomic E-state index is 11.7. The van der Waals surface area contributed by atoms with Crippen molar-refractivity contribution in [1.29, 1.82) is 0 Å². The maximum absolute atomic E-state index is 11.7. The zero-order valence-corrected chi connectivity index (χ0v) is 19.8. The summed E-state index contributed by atoms with van der Waals surface area (Å²) in [4.78, 5) is 28.4. The van der Waals surface area contributed by atoms with Crippen molar-refractivity contribution in [2.45, 2.75) is 36.7 Å². The van der Waals surface area contributed by atoms with Crippen LogP contribution in [0.25, 0.3) is 0 Å². The van der Waals surface area contributed by atoms with Gasteiger partial charge in [-0.15, -0.1) is 0 Å². The fourth-order valence-corrected chi connectivity index (χ4v) is 4.00. The minimum absolute atomic E-state index is 0.236. The van der Waals surface area contributed by atoms with Gasteiger partial charge < -0.3 is 15.5 Å². The summed E-state index contributed by atoms with van der Waals surface area (Å²) in [7, 11) is 4.04. The Labute approximate surface area is 191 Å². The second-order valence-electron chi connectivity index (χ2n) is 7.27. The summed E-state index contributed by atoms with van der Waals surface area (Å²) < 4.78 is 4.29. The van der Waals surface area contributed by atoms with Crippen LogP contribution in [0, 0.1) is 6.92 Å². The Morgan fingerprint density at radius 3 is 2.52 bits per heavy atom. The molecule has 31 heavy (non-hydrogen) atoms. The molecule has 0 saturated carbocycles. The van der Waals surface area contributed by atoms with Crippen LogP contribution in [0.15, 0.2) is 40.4 Å². The number of nitrogens with one attached hydrogen (secondary N) is 2. The van der Waals surface area contributed by atoms with Crippen LogP contribution in [0.1, 0.15) is 24.6 Å². The van der Waals surface area contributed by atoms with E-state index >= 15 is 0 Å². The van der Waals surface area contributed by atoms with Crippen molar-refractivity contribution >= 4 is 46.0 Å². The number of likely N-dealkylation sites (N-methyl/N-ethyl adjacent to an activating group) is 1. The quantitative estimate of drug-likeness (QED) is 0.442. The number of nitrogens with zero attached hydrogens (tertiary/aromatic N) is 5. The van der Waals surface area contributed by atoms with Crippen molar-refractivity contribution in [3.05, 3.63) is 41.6 Å². The number of carbonyl (C=O) groups excluding carboxylic acids is 1. The van der Waals surface area contributed by atoms with Gasteiger partial charge in [0.05, 0.1) is 5.69 Å².